The number of thioether (sulfide) groups is 1. The minimum Gasteiger partial charge on any atom is -0.383 e. The Labute approximate surface area is 215 Å². The summed E-state index contributed by atoms with van der Waals surface area (Å²) in [5.41, 5.74) is 5.64. The number of amidine groups is 1. The highest BCUT2D eigenvalue weighted by Crippen LogP contribution is 2.39. The first-order valence-corrected chi connectivity index (χ1v) is 16.8. The zero-order valence-corrected chi connectivity index (χ0v) is 23.3. The van der Waals surface area contributed by atoms with E-state index in [2.05, 4.69) is 24.4 Å². The van der Waals surface area contributed by atoms with E-state index in [9.17, 15) is 21.0 Å². The number of rotatable bonds is 8. The molecule has 0 fully saturated rings. The van der Waals surface area contributed by atoms with Gasteiger partial charge in [0, 0.05) is 10.2 Å². The lowest BCUT2D eigenvalue weighted by Gasteiger charge is -2.12. The SMILES string of the molecule is CSc1sc(C(=N)N)cc1S(=O)(=NS(=O)(=O)c1cccc(NS(C)(=O)=O)c1)c1cccc(Br)c1. The fraction of sp³-hybridized carbons (Fsp3) is 0.105. The van der Waals surface area contributed by atoms with E-state index in [4.69, 9.17) is 11.1 Å². The topological polar surface area (TPSA) is 160 Å². The van der Waals surface area contributed by atoms with Crippen molar-refractivity contribution in [2.24, 2.45) is 9.50 Å². The fourth-order valence-corrected chi connectivity index (χ4v) is 10.5. The molecule has 0 saturated heterocycles. The van der Waals surface area contributed by atoms with Crippen LogP contribution in [-0.4, -0.2) is 39.4 Å². The van der Waals surface area contributed by atoms with Gasteiger partial charge in [-0.1, -0.05) is 31.8 Å². The van der Waals surface area contributed by atoms with Crippen molar-refractivity contribution in [2.45, 2.75) is 18.9 Å². The standard InChI is InChI=1S/C19H19BrN4O5S5/c1-30-19-17(11-16(31-19)18(21)22)33(27,14-7-3-5-12(20)9-14)24-34(28,29)15-8-4-6-13(10-15)23-32(2,25)26/h3-11,23H,1-2H3,(H3,21,22). The first-order valence-electron chi connectivity index (χ1n) is 9.14. The number of nitrogen functional groups attached to an aromatic ring is 1. The molecule has 3 rings (SSSR count). The maximum absolute atomic E-state index is 14.5. The maximum Gasteiger partial charge on any atom is 0.290 e. The monoisotopic (exact) mass is 622 g/mol. The normalized spacial score (nSPS) is 13.7. The summed E-state index contributed by atoms with van der Waals surface area (Å²) in [6.45, 7) is 0. The van der Waals surface area contributed by atoms with Gasteiger partial charge in [-0.25, -0.2) is 12.6 Å². The summed E-state index contributed by atoms with van der Waals surface area (Å²) < 4.78 is 71.4. The van der Waals surface area contributed by atoms with Crippen molar-refractivity contribution in [3.05, 3.63) is 63.9 Å². The minimum absolute atomic E-state index is 0.0203. The Bertz CT molecular complexity index is 1610. The summed E-state index contributed by atoms with van der Waals surface area (Å²) in [4.78, 5) is 0.256. The third-order valence-electron chi connectivity index (χ3n) is 4.17. The van der Waals surface area contributed by atoms with Crippen LogP contribution in [0.2, 0.25) is 0 Å². The van der Waals surface area contributed by atoms with E-state index in [0.717, 1.165) is 23.7 Å². The fourth-order valence-electron chi connectivity index (χ4n) is 2.79. The Balaban J connectivity index is 2.33. The Hall–Kier alpha value is -1.91. The van der Waals surface area contributed by atoms with Crippen molar-refractivity contribution in [3.8, 4) is 0 Å². The zero-order valence-electron chi connectivity index (χ0n) is 17.7. The van der Waals surface area contributed by atoms with Crippen molar-refractivity contribution < 1.29 is 21.0 Å². The number of anilines is 1. The van der Waals surface area contributed by atoms with E-state index in [0.29, 0.717) is 13.6 Å². The minimum atomic E-state index is -4.53. The van der Waals surface area contributed by atoms with Crippen LogP contribution in [0, 0.1) is 5.41 Å². The summed E-state index contributed by atoms with van der Waals surface area (Å²) in [5.74, 6) is -0.245. The van der Waals surface area contributed by atoms with Gasteiger partial charge in [0.15, 0.2) is 0 Å². The Morgan fingerprint density at radius 3 is 2.29 bits per heavy atom. The highest BCUT2D eigenvalue weighted by Gasteiger charge is 2.28. The van der Waals surface area contributed by atoms with Crippen LogP contribution in [0.3, 0.4) is 0 Å². The average Bonchev–Trinajstić information content (AvgIpc) is 3.18. The lowest BCUT2D eigenvalue weighted by molar-refractivity contribution is 0.597. The van der Waals surface area contributed by atoms with Crippen molar-refractivity contribution in [2.75, 3.05) is 17.2 Å². The number of benzene rings is 2. The predicted octanol–water partition coefficient (Wildman–Crippen LogP) is 4.16. The number of hydrogen-bond donors (Lipinski definition) is 3. The second-order valence-corrected chi connectivity index (χ2v) is 15.6. The molecule has 1 atom stereocenters. The molecule has 0 spiro atoms. The van der Waals surface area contributed by atoms with Gasteiger partial charge in [-0.3, -0.25) is 10.1 Å². The third-order valence-corrected chi connectivity index (χ3v) is 12.1. The van der Waals surface area contributed by atoms with Crippen LogP contribution in [0.15, 0.2) is 81.7 Å². The largest absolute Gasteiger partial charge is 0.383 e. The number of sulfonamides is 2. The highest BCUT2D eigenvalue weighted by molar-refractivity contribution is 9.10. The first-order chi connectivity index (χ1) is 15.7. The molecular formula is C19H19BrN4O5S5. The quantitative estimate of drug-likeness (QED) is 0.193. The molecule has 0 aliphatic heterocycles. The zero-order chi connectivity index (χ0) is 25.3. The summed E-state index contributed by atoms with van der Waals surface area (Å²) in [5, 5.41) is 7.75. The van der Waals surface area contributed by atoms with Crippen molar-refractivity contribution in [3.63, 3.8) is 0 Å². The third kappa shape index (κ3) is 6.01. The molecule has 1 unspecified atom stereocenters. The van der Waals surface area contributed by atoms with Gasteiger partial charge in [-0.2, -0.15) is 8.42 Å². The molecule has 1 aromatic heterocycles. The lowest BCUT2D eigenvalue weighted by Crippen LogP contribution is -2.11. The number of nitrogens with two attached hydrogens (primary N) is 1. The molecule has 0 saturated carbocycles. The Morgan fingerprint density at radius 2 is 1.71 bits per heavy atom. The van der Waals surface area contributed by atoms with Gasteiger partial charge in [0.2, 0.25) is 10.0 Å². The van der Waals surface area contributed by atoms with Gasteiger partial charge in [0.1, 0.15) is 15.6 Å². The van der Waals surface area contributed by atoms with Crippen LogP contribution in [0.25, 0.3) is 0 Å². The molecule has 1 heterocycles. The molecule has 15 heteroatoms. The molecule has 0 bridgehead atoms. The molecule has 34 heavy (non-hydrogen) atoms. The Kier molecular flexibility index (Phi) is 7.84. The number of hydrogen-bond acceptors (Lipinski definition) is 8. The van der Waals surface area contributed by atoms with Crippen LogP contribution in [0.4, 0.5) is 5.69 Å². The molecule has 0 aliphatic carbocycles. The van der Waals surface area contributed by atoms with Gasteiger partial charge < -0.3 is 5.73 Å². The van der Waals surface area contributed by atoms with Gasteiger partial charge >= 0.3 is 0 Å². The molecule has 3 aromatic rings. The van der Waals surface area contributed by atoms with Gasteiger partial charge in [0.05, 0.1) is 30.0 Å². The van der Waals surface area contributed by atoms with E-state index in [1.165, 1.54) is 48.2 Å². The molecule has 9 nitrogen and oxygen atoms in total. The van der Waals surface area contributed by atoms with Crippen LogP contribution in [0.1, 0.15) is 4.88 Å². The highest BCUT2D eigenvalue weighted by atomic mass is 79.9. The van der Waals surface area contributed by atoms with E-state index >= 15 is 0 Å². The van der Waals surface area contributed by atoms with Crippen molar-refractivity contribution in [1.82, 2.24) is 0 Å². The van der Waals surface area contributed by atoms with Gasteiger partial charge in [0.25, 0.3) is 10.0 Å². The smallest absolute Gasteiger partial charge is 0.290 e. The second-order valence-electron chi connectivity index (χ2n) is 6.82. The molecule has 2 aromatic carbocycles. The molecule has 0 aliphatic rings. The number of thiophene rings is 1. The van der Waals surface area contributed by atoms with E-state index in [1.54, 1.807) is 18.4 Å². The van der Waals surface area contributed by atoms with Crippen molar-refractivity contribution in [1.29, 1.82) is 5.41 Å². The maximum atomic E-state index is 14.5. The number of halogens is 1. The van der Waals surface area contributed by atoms with Crippen LogP contribution in [0.5, 0.6) is 0 Å². The molecular weight excluding hydrogens is 604 g/mol. The first kappa shape index (κ1) is 26.7. The predicted molar refractivity (Wildman–Crippen MR) is 140 cm³/mol. The molecule has 0 amide bonds. The average molecular weight is 624 g/mol. The lowest BCUT2D eigenvalue weighted by atomic mass is 10.3. The molecule has 0 radical (unpaired) electrons. The summed E-state index contributed by atoms with van der Waals surface area (Å²) in [7, 11) is -12.0. The molecule has 4 N–H and O–H groups in total. The summed E-state index contributed by atoms with van der Waals surface area (Å²) >= 11 is 5.66. The summed E-state index contributed by atoms with van der Waals surface area (Å²) in [6, 6.07) is 12.8. The van der Waals surface area contributed by atoms with Gasteiger partial charge in [-0.15, -0.1) is 23.1 Å². The number of nitrogens with one attached hydrogen (secondary N) is 2. The van der Waals surface area contributed by atoms with E-state index in [-0.39, 0.29) is 26.2 Å². The van der Waals surface area contributed by atoms with Crippen LogP contribution in [-0.2, 0) is 29.8 Å². The van der Waals surface area contributed by atoms with Crippen molar-refractivity contribution >= 4 is 80.3 Å². The van der Waals surface area contributed by atoms with E-state index in [1.807, 2.05) is 0 Å². The Morgan fingerprint density at radius 1 is 1.06 bits per heavy atom. The van der Waals surface area contributed by atoms with E-state index < -0.39 is 29.8 Å². The van der Waals surface area contributed by atoms with Gasteiger partial charge in [-0.05, 0) is 48.7 Å². The van der Waals surface area contributed by atoms with Crippen LogP contribution >= 0.6 is 39.0 Å². The summed E-state index contributed by atoms with van der Waals surface area (Å²) in [6.07, 6.45) is 2.67. The number of nitrogens with zero attached hydrogens (tertiary/aromatic N) is 1. The van der Waals surface area contributed by atoms with Crippen LogP contribution < -0.4 is 10.5 Å². The molecule has 182 valence electrons. The second kappa shape index (κ2) is 9.99.